The van der Waals surface area contributed by atoms with Crippen molar-refractivity contribution in [2.24, 2.45) is 11.8 Å². The number of amides is 4. The average molecular weight is 673 g/mol. The maximum Gasteiger partial charge on any atom is 0.417 e. The van der Waals surface area contributed by atoms with Crippen molar-refractivity contribution in [1.29, 1.82) is 0 Å². The second-order valence-electron chi connectivity index (χ2n) is 13.1. The summed E-state index contributed by atoms with van der Waals surface area (Å²) in [5, 5.41) is 19.1. The topological polar surface area (TPSA) is 146 Å². The third-order valence-corrected chi connectivity index (χ3v) is 9.63. The predicted molar refractivity (Wildman–Crippen MR) is 179 cm³/mol. The van der Waals surface area contributed by atoms with E-state index >= 15 is 0 Å². The zero-order valence-electron chi connectivity index (χ0n) is 26.8. The fourth-order valence-corrected chi connectivity index (χ4v) is 6.74. The minimum atomic E-state index is -1.53. The third kappa shape index (κ3) is 9.86. The molecule has 250 valence electrons. The van der Waals surface area contributed by atoms with Gasteiger partial charge in [0.15, 0.2) is 6.10 Å². The molecule has 5 atom stereocenters. The van der Waals surface area contributed by atoms with Crippen molar-refractivity contribution in [1.82, 2.24) is 20.7 Å². The van der Waals surface area contributed by atoms with Gasteiger partial charge < -0.3 is 25.8 Å². The summed E-state index contributed by atoms with van der Waals surface area (Å²) in [5.74, 6) is -1.55. The summed E-state index contributed by atoms with van der Waals surface area (Å²) >= 11 is 7.22. The van der Waals surface area contributed by atoms with E-state index in [0.717, 1.165) is 35.9 Å². The van der Waals surface area contributed by atoms with E-state index in [1.165, 1.54) is 0 Å². The molecule has 2 fully saturated rings. The van der Waals surface area contributed by atoms with Gasteiger partial charge in [-0.1, -0.05) is 81.8 Å². The minimum Gasteiger partial charge on any atom is -0.440 e. The van der Waals surface area contributed by atoms with E-state index in [9.17, 15) is 24.3 Å². The Bertz CT molecular complexity index is 1370. The number of carbonyl (C=O) groups excluding carboxylic acids is 4. The number of hydrogen-bond donors (Lipinski definition) is 5. The van der Waals surface area contributed by atoms with E-state index in [4.69, 9.17) is 16.3 Å². The van der Waals surface area contributed by atoms with Gasteiger partial charge in [0.05, 0.1) is 6.04 Å². The van der Waals surface area contributed by atoms with Gasteiger partial charge >= 0.3 is 6.09 Å². The molecule has 1 saturated heterocycles. The largest absolute Gasteiger partial charge is 0.440 e. The molecule has 2 aromatic carbocycles. The van der Waals surface area contributed by atoms with Gasteiger partial charge in [-0.05, 0) is 73.2 Å². The molecule has 0 aromatic heterocycles. The molecule has 0 bridgehead atoms. The van der Waals surface area contributed by atoms with Gasteiger partial charge in [0.25, 0.3) is 5.91 Å². The predicted octanol–water partition coefficient (Wildman–Crippen LogP) is 4.80. The zero-order valence-corrected chi connectivity index (χ0v) is 28.3. The summed E-state index contributed by atoms with van der Waals surface area (Å²) in [6, 6.07) is 15.9. The molecule has 4 rings (SSSR count). The molecule has 1 saturated carbocycles. The van der Waals surface area contributed by atoms with Crippen LogP contribution in [0.5, 0.6) is 0 Å². The Morgan fingerprint density at radius 3 is 2.39 bits per heavy atom. The highest BCUT2D eigenvalue weighted by molar-refractivity contribution is 7.99. The second kappa shape index (κ2) is 16.0. The summed E-state index contributed by atoms with van der Waals surface area (Å²) in [6.45, 7) is 8.36. The van der Waals surface area contributed by atoms with Crippen LogP contribution in [-0.4, -0.2) is 58.9 Å². The summed E-state index contributed by atoms with van der Waals surface area (Å²) in [5.41, 5.74) is 1.01. The first kappa shape index (κ1) is 35.6. The van der Waals surface area contributed by atoms with Crippen molar-refractivity contribution in [3.05, 3.63) is 70.7 Å². The van der Waals surface area contributed by atoms with Crippen LogP contribution in [0, 0.1) is 11.8 Å². The molecule has 1 heterocycles. The lowest BCUT2D eigenvalue weighted by molar-refractivity contribution is -0.133. The molecule has 0 spiro atoms. The molecule has 1 unspecified atom stereocenters. The van der Waals surface area contributed by atoms with Crippen molar-refractivity contribution in [3.8, 4) is 0 Å². The fourth-order valence-electron chi connectivity index (χ4n) is 5.60. The van der Waals surface area contributed by atoms with Crippen LogP contribution in [0.15, 0.2) is 54.6 Å². The molecule has 1 aliphatic heterocycles. The molecular weight excluding hydrogens is 628 g/mol. The number of nitrogens with one attached hydrogen (secondary N) is 4. The average Bonchev–Trinajstić information content (AvgIpc) is 3.75. The highest BCUT2D eigenvalue weighted by Crippen LogP contribution is 2.40. The summed E-state index contributed by atoms with van der Waals surface area (Å²) in [4.78, 5) is 52.1. The van der Waals surface area contributed by atoms with Crippen LogP contribution in [0.1, 0.15) is 77.0 Å². The van der Waals surface area contributed by atoms with Crippen molar-refractivity contribution in [2.45, 2.75) is 94.8 Å². The third-order valence-electron chi connectivity index (χ3n) is 8.42. The van der Waals surface area contributed by atoms with Crippen molar-refractivity contribution < 1.29 is 29.0 Å². The van der Waals surface area contributed by atoms with Crippen molar-refractivity contribution in [3.63, 3.8) is 0 Å². The second-order valence-corrected chi connectivity index (χ2v) is 14.6. The van der Waals surface area contributed by atoms with Crippen LogP contribution in [0.25, 0.3) is 0 Å². The first-order valence-corrected chi connectivity index (χ1v) is 17.1. The SMILES string of the molecule is CC(C)C[C@H](SNC(=O)O[C@@H](c1ccccc1)C(C)(C)c1cccc(Cl)c1)C(=O)N[C@@H](C[C@@H]1CCNC1=O)C(O)C(=O)NC1CC1. The van der Waals surface area contributed by atoms with Crippen molar-refractivity contribution in [2.75, 3.05) is 6.54 Å². The van der Waals surface area contributed by atoms with Gasteiger partial charge in [-0.2, -0.15) is 0 Å². The number of aliphatic hydroxyl groups is 1. The van der Waals surface area contributed by atoms with Gasteiger partial charge in [-0.25, -0.2) is 4.79 Å². The molecule has 4 amide bonds. The quantitative estimate of drug-likeness (QED) is 0.171. The number of carbonyl (C=O) groups is 4. The zero-order chi connectivity index (χ0) is 33.4. The Hall–Kier alpha value is -3.28. The lowest BCUT2D eigenvalue weighted by Gasteiger charge is -2.35. The van der Waals surface area contributed by atoms with Crippen LogP contribution in [0.2, 0.25) is 5.02 Å². The molecular formula is C34H45ClN4O6S. The number of halogens is 1. The number of rotatable bonds is 15. The normalized spacial score (nSPS) is 19.0. The lowest BCUT2D eigenvalue weighted by Crippen LogP contribution is -2.54. The summed E-state index contributed by atoms with van der Waals surface area (Å²) in [7, 11) is 0. The molecule has 0 radical (unpaired) electrons. The van der Waals surface area contributed by atoms with Crippen molar-refractivity contribution >= 4 is 47.4 Å². The fraction of sp³-hybridized carbons (Fsp3) is 0.529. The number of benzene rings is 2. The number of aliphatic hydroxyl groups excluding tert-OH is 1. The first-order chi connectivity index (χ1) is 21.8. The van der Waals surface area contributed by atoms with Crippen LogP contribution in [0.4, 0.5) is 4.79 Å². The molecule has 1 aliphatic carbocycles. The molecule has 10 nitrogen and oxygen atoms in total. The molecule has 12 heteroatoms. The Kier molecular flexibility index (Phi) is 12.4. The Morgan fingerprint density at radius 1 is 1.07 bits per heavy atom. The molecule has 46 heavy (non-hydrogen) atoms. The monoisotopic (exact) mass is 672 g/mol. The summed E-state index contributed by atoms with van der Waals surface area (Å²) < 4.78 is 8.75. The first-order valence-electron chi connectivity index (χ1n) is 15.8. The smallest absolute Gasteiger partial charge is 0.417 e. The van der Waals surface area contributed by atoms with Gasteiger partial charge in [0.2, 0.25) is 11.8 Å². The van der Waals surface area contributed by atoms with Gasteiger partial charge in [0, 0.05) is 28.9 Å². The van der Waals surface area contributed by atoms with Crippen LogP contribution < -0.4 is 20.7 Å². The van der Waals surface area contributed by atoms with Gasteiger partial charge in [-0.15, -0.1) is 0 Å². The van der Waals surface area contributed by atoms with E-state index in [2.05, 4.69) is 20.7 Å². The van der Waals surface area contributed by atoms with E-state index in [1.54, 1.807) is 6.07 Å². The minimum absolute atomic E-state index is 0.0244. The maximum absolute atomic E-state index is 13.7. The van der Waals surface area contributed by atoms with Gasteiger partial charge in [-0.3, -0.25) is 19.1 Å². The van der Waals surface area contributed by atoms with Crippen LogP contribution >= 0.6 is 23.5 Å². The van der Waals surface area contributed by atoms with E-state index in [-0.39, 0.29) is 24.3 Å². The Morgan fingerprint density at radius 2 is 1.78 bits per heavy atom. The molecule has 2 aliphatic rings. The lowest BCUT2D eigenvalue weighted by atomic mass is 9.76. The molecule has 5 N–H and O–H groups in total. The van der Waals surface area contributed by atoms with E-state index in [0.29, 0.717) is 24.4 Å². The highest BCUT2D eigenvalue weighted by Gasteiger charge is 2.39. The van der Waals surface area contributed by atoms with Crippen LogP contribution in [0.3, 0.4) is 0 Å². The number of ether oxygens (including phenoxy) is 1. The highest BCUT2D eigenvalue weighted by atomic mass is 35.5. The van der Waals surface area contributed by atoms with E-state index in [1.807, 2.05) is 76.2 Å². The molecule has 2 aromatic rings. The van der Waals surface area contributed by atoms with Crippen LogP contribution in [-0.2, 0) is 24.5 Å². The maximum atomic E-state index is 13.7. The Balaban J connectivity index is 1.46. The number of hydrogen-bond acceptors (Lipinski definition) is 7. The van der Waals surface area contributed by atoms with E-state index < -0.39 is 52.7 Å². The van der Waals surface area contributed by atoms with Gasteiger partial charge in [0.1, 0.15) is 11.4 Å². The Labute approximate surface area is 280 Å². The standard InChI is InChI=1S/C34H45ClN4O6S/c1-20(2)17-27(31(42)38-26(18-22-15-16-36-30(22)41)28(40)32(43)37-25-13-14-25)46-39-33(44)45-29(21-9-6-5-7-10-21)34(3,4)23-11-8-12-24(35)19-23/h5-12,19-20,22,25-29,40H,13-18H2,1-4H3,(H,36,41)(H,37,43)(H,38,42)(H,39,44)/t22-,26-,27-,28?,29-/m0/s1. The summed E-state index contributed by atoms with van der Waals surface area (Å²) in [6.07, 6.45) is -0.190.